The summed E-state index contributed by atoms with van der Waals surface area (Å²) in [7, 11) is 0. The molecule has 1 fully saturated rings. The van der Waals surface area contributed by atoms with Gasteiger partial charge in [-0.1, -0.05) is 48.5 Å². The minimum absolute atomic E-state index is 0.200. The number of nitrogens with zero attached hydrogens (tertiary/aromatic N) is 5. The van der Waals surface area contributed by atoms with Gasteiger partial charge < -0.3 is 9.80 Å². The van der Waals surface area contributed by atoms with Crippen LogP contribution in [0, 0.1) is 0 Å². The van der Waals surface area contributed by atoms with Crippen molar-refractivity contribution in [2.24, 2.45) is 0 Å². The SMILES string of the molecule is O=C(CN1CCN(c2nc(-c3ccccc3)ns2)CC1)N1CCc2ccccc21. The number of fused-ring (bicyclic) bond motifs is 1. The van der Waals surface area contributed by atoms with E-state index in [9.17, 15) is 4.79 Å². The molecule has 3 aromatic rings. The van der Waals surface area contributed by atoms with E-state index < -0.39 is 0 Å². The Hall–Kier alpha value is -2.77. The lowest BCUT2D eigenvalue weighted by molar-refractivity contribution is -0.119. The molecule has 0 unspecified atom stereocenters. The highest BCUT2D eigenvalue weighted by Gasteiger charge is 2.27. The molecule has 6 nitrogen and oxygen atoms in total. The van der Waals surface area contributed by atoms with E-state index in [2.05, 4.69) is 26.3 Å². The third-order valence-electron chi connectivity index (χ3n) is 5.64. The van der Waals surface area contributed by atoms with Crippen molar-refractivity contribution in [1.29, 1.82) is 0 Å². The number of carbonyl (C=O) groups is 1. The highest BCUT2D eigenvalue weighted by molar-refractivity contribution is 7.09. The Morgan fingerprint density at radius 3 is 2.52 bits per heavy atom. The third kappa shape index (κ3) is 3.75. The van der Waals surface area contributed by atoms with E-state index in [-0.39, 0.29) is 5.91 Å². The van der Waals surface area contributed by atoms with Gasteiger partial charge in [0.2, 0.25) is 11.0 Å². The number of anilines is 2. The maximum absolute atomic E-state index is 12.8. The van der Waals surface area contributed by atoms with Gasteiger partial charge in [-0.2, -0.15) is 9.36 Å². The molecule has 0 bridgehead atoms. The molecule has 1 aromatic heterocycles. The lowest BCUT2D eigenvalue weighted by Gasteiger charge is -2.34. The molecular weight excluding hydrogens is 382 g/mol. The van der Waals surface area contributed by atoms with Crippen molar-refractivity contribution >= 4 is 28.3 Å². The molecule has 0 radical (unpaired) electrons. The van der Waals surface area contributed by atoms with Crippen LogP contribution >= 0.6 is 11.5 Å². The first-order chi connectivity index (χ1) is 14.3. The number of aromatic nitrogens is 2. The van der Waals surface area contributed by atoms with Crippen LogP contribution in [0.25, 0.3) is 11.4 Å². The molecule has 0 spiro atoms. The predicted octanol–water partition coefficient (Wildman–Crippen LogP) is 2.92. The second kappa shape index (κ2) is 7.93. The van der Waals surface area contributed by atoms with E-state index in [1.54, 1.807) is 0 Å². The Morgan fingerprint density at radius 1 is 0.931 bits per heavy atom. The second-order valence-corrected chi connectivity index (χ2v) is 8.18. The molecule has 1 amide bonds. The molecule has 7 heteroatoms. The molecule has 1 saturated heterocycles. The molecule has 0 saturated carbocycles. The summed E-state index contributed by atoms with van der Waals surface area (Å²) in [5.41, 5.74) is 3.40. The summed E-state index contributed by atoms with van der Waals surface area (Å²) in [5, 5.41) is 0.961. The fourth-order valence-electron chi connectivity index (χ4n) is 4.02. The van der Waals surface area contributed by atoms with Crippen LogP contribution in [0.2, 0.25) is 0 Å². The van der Waals surface area contributed by atoms with Crippen molar-refractivity contribution in [1.82, 2.24) is 14.3 Å². The molecule has 0 atom stereocenters. The van der Waals surface area contributed by atoms with Crippen LogP contribution in [0.4, 0.5) is 10.8 Å². The van der Waals surface area contributed by atoms with E-state index in [0.29, 0.717) is 6.54 Å². The quantitative estimate of drug-likeness (QED) is 0.668. The highest BCUT2D eigenvalue weighted by atomic mass is 32.1. The average molecular weight is 406 g/mol. The molecule has 0 aliphatic carbocycles. The lowest BCUT2D eigenvalue weighted by Crippen LogP contribution is -2.50. The summed E-state index contributed by atoms with van der Waals surface area (Å²) in [6, 6.07) is 18.3. The first kappa shape index (κ1) is 18.3. The number of amides is 1. The Morgan fingerprint density at radius 2 is 1.69 bits per heavy atom. The summed E-state index contributed by atoms with van der Waals surface area (Å²) >= 11 is 1.45. The fourth-order valence-corrected chi connectivity index (χ4v) is 4.76. The summed E-state index contributed by atoms with van der Waals surface area (Å²) in [6.45, 7) is 4.74. The van der Waals surface area contributed by atoms with Crippen molar-refractivity contribution in [3.05, 3.63) is 60.2 Å². The van der Waals surface area contributed by atoms with Crippen LogP contribution < -0.4 is 9.80 Å². The van der Waals surface area contributed by atoms with Gasteiger partial charge >= 0.3 is 0 Å². The van der Waals surface area contributed by atoms with Crippen LogP contribution in [-0.4, -0.2) is 59.4 Å². The molecular formula is C22H23N5OS. The molecule has 29 heavy (non-hydrogen) atoms. The van der Waals surface area contributed by atoms with Crippen LogP contribution in [0.15, 0.2) is 54.6 Å². The zero-order chi connectivity index (χ0) is 19.6. The van der Waals surface area contributed by atoms with E-state index in [4.69, 9.17) is 4.98 Å². The van der Waals surface area contributed by atoms with Crippen LogP contribution in [0.1, 0.15) is 5.56 Å². The summed E-state index contributed by atoms with van der Waals surface area (Å²) in [6.07, 6.45) is 0.955. The Bertz CT molecular complexity index is 997. The van der Waals surface area contributed by atoms with Gasteiger partial charge in [-0.15, -0.1) is 0 Å². The van der Waals surface area contributed by atoms with Crippen molar-refractivity contribution in [3.63, 3.8) is 0 Å². The van der Waals surface area contributed by atoms with Gasteiger partial charge in [-0.05, 0) is 18.1 Å². The Labute approximate surface area is 174 Å². The largest absolute Gasteiger partial charge is 0.344 e. The predicted molar refractivity (Wildman–Crippen MR) is 116 cm³/mol. The highest BCUT2D eigenvalue weighted by Crippen LogP contribution is 2.28. The Balaban J connectivity index is 1.17. The lowest BCUT2D eigenvalue weighted by atomic mass is 10.2. The van der Waals surface area contributed by atoms with Gasteiger partial charge in [-0.3, -0.25) is 9.69 Å². The standard InChI is InChI=1S/C22H23N5OS/c28-20(27-11-10-17-6-4-5-9-19(17)27)16-25-12-14-26(15-13-25)22-23-21(24-29-22)18-7-2-1-3-8-18/h1-9H,10-16H2. The monoisotopic (exact) mass is 405 g/mol. The van der Waals surface area contributed by atoms with E-state index >= 15 is 0 Å². The van der Waals surface area contributed by atoms with Gasteiger partial charge in [0, 0.05) is 55.5 Å². The summed E-state index contributed by atoms with van der Waals surface area (Å²) in [4.78, 5) is 24.0. The number of benzene rings is 2. The van der Waals surface area contributed by atoms with Crippen molar-refractivity contribution in [2.75, 3.05) is 49.1 Å². The maximum atomic E-state index is 12.8. The third-order valence-corrected chi connectivity index (χ3v) is 6.41. The van der Waals surface area contributed by atoms with Crippen molar-refractivity contribution in [2.45, 2.75) is 6.42 Å². The molecule has 2 aliphatic rings. The second-order valence-electron chi connectivity index (χ2n) is 7.45. The summed E-state index contributed by atoms with van der Waals surface area (Å²) < 4.78 is 4.52. The molecule has 148 valence electrons. The van der Waals surface area contributed by atoms with Gasteiger partial charge in [0.15, 0.2) is 5.82 Å². The molecule has 0 N–H and O–H groups in total. The molecule has 5 rings (SSSR count). The Kier molecular flexibility index (Phi) is 4.99. The first-order valence-corrected chi connectivity index (χ1v) is 10.8. The van der Waals surface area contributed by atoms with Crippen molar-refractivity contribution < 1.29 is 4.79 Å². The van der Waals surface area contributed by atoms with Gasteiger partial charge in [-0.25, -0.2) is 0 Å². The van der Waals surface area contributed by atoms with Crippen LogP contribution in [0.5, 0.6) is 0 Å². The van der Waals surface area contributed by atoms with Gasteiger partial charge in [0.05, 0.1) is 6.54 Å². The number of piperazine rings is 1. The normalized spacial score (nSPS) is 16.8. The molecule has 2 aliphatic heterocycles. The smallest absolute Gasteiger partial charge is 0.241 e. The molecule has 2 aromatic carbocycles. The number of rotatable bonds is 4. The van der Waals surface area contributed by atoms with E-state index in [1.165, 1.54) is 17.1 Å². The topological polar surface area (TPSA) is 52.6 Å². The van der Waals surface area contributed by atoms with Crippen LogP contribution in [0.3, 0.4) is 0 Å². The van der Waals surface area contributed by atoms with Gasteiger partial charge in [0.1, 0.15) is 0 Å². The zero-order valence-electron chi connectivity index (χ0n) is 16.2. The van der Waals surface area contributed by atoms with Gasteiger partial charge in [0.25, 0.3) is 0 Å². The number of hydrogen-bond acceptors (Lipinski definition) is 6. The fraction of sp³-hybridized carbons (Fsp3) is 0.318. The average Bonchev–Trinajstić information content (AvgIpc) is 3.43. The zero-order valence-corrected chi connectivity index (χ0v) is 17.0. The minimum Gasteiger partial charge on any atom is -0.344 e. The minimum atomic E-state index is 0.200. The number of para-hydroxylation sites is 1. The maximum Gasteiger partial charge on any atom is 0.241 e. The van der Waals surface area contributed by atoms with E-state index in [0.717, 1.165) is 61.4 Å². The van der Waals surface area contributed by atoms with Crippen molar-refractivity contribution in [3.8, 4) is 11.4 Å². The summed E-state index contributed by atoms with van der Waals surface area (Å²) in [5.74, 6) is 0.988. The number of hydrogen-bond donors (Lipinski definition) is 0. The van der Waals surface area contributed by atoms with E-state index in [1.807, 2.05) is 47.4 Å². The molecule has 3 heterocycles. The number of carbonyl (C=O) groups excluding carboxylic acids is 1. The van der Waals surface area contributed by atoms with Crippen LogP contribution in [-0.2, 0) is 11.2 Å². The first-order valence-electron chi connectivity index (χ1n) is 10.0.